The average Bonchev–Trinajstić information content (AvgIpc) is 3.41. The van der Waals surface area contributed by atoms with Crippen LogP contribution in [-0.4, -0.2) is 106 Å². The van der Waals surface area contributed by atoms with Crippen LogP contribution in [0.1, 0.15) is 84.2 Å². The van der Waals surface area contributed by atoms with Crippen molar-refractivity contribution in [2.75, 3.05) is 27.2 Å². The summed E-state index contributed by atoms with van der Waals surface area (Å²) in [4.78, 5) is 96.0. The molecule has 0 spiro atoms. The van der Waals surface area contributed by atoms with E-state index in [1.165, 1.54) is 9.80 Å². The number of hydrogen-bond acceptors (Lipinski definition) is 8. The fourth-order valence-electron chi connectivity index (χ4n) is 7.22. The van der Waals surface area contributed by atoms with Crippen molar-refractivity contribution in [1.29, 1.82) is 0 Å². The minimum atomic E-state index is -1.29. The predicted octanol–water partition coefficient (Wildman–Crippen LogP) is 3.01. The topological polar surface area (TPSA) is 183 Å². The molecule has 4 rings (SSSR count). The summed E-state index contributed by atoms with van der Waals surface area (Å²) >= 11 is 13.1. The second kappa shape index (κ2) is 17.5. The maximum absolute atomic E-state index is 14.3. The number of ketones is 1. The maximum atomic E-state index is 14.3. The zero-order chi connectivity index (χ0) is 39.2. The van der Waals surface area contributed by atoms with Gasteiger partial charge in [0.25, 0.3) is 5.91 Å². The molecule has 4 N–H and O–H groups in total. The van der Waals surface area contributed by atoms with E-state index in [9.17, 15) is 33.6 Å². The lowest BCUT2D eigenvalue weighted by molar-refractivity contribution is -0.144. The Labute approximate surface area is 320 Å². The lowest BCUT2D eigenvalue weighted by atomic mass is 9.83. The number of piperidine rings is 1. The number of hydrogen-bond donors (Lipinski definition) is 4. The molecule has 292 valence electrons. The van der Waals surface area contributed by atoms with Crippen molar-refractivity contribution in [2.45, 2.75) is 107 Å². The molecule has 1 saturated heterocycles. The van der Waals surface area contributed by atoms with Crippen molar-refractivity contribution < 1.29 is 38.3 Å². The van der Waals surface area contributed by atoms with Crippen molar-refractivity contribution in [3.8, 4) is 0 Å². The van der Waals surface area contributed by atoms with Crippen molar-refractivity contribution in [3.05, 3.63) is 35.9 Å². The molecule has 1 aromatic carbocycles. The number of nitrogens with zero attached hydrogens (tertiary/aromatic N) is 2. The molecule has 0 bridgehead atoms. The third kappa shape index (κ3) is 10.4. The normalized spacial score (nSPS) is 22.3. The minimum absolute atomic E-state index is 0.0656. The lowest BCUT2D eigenvalue weighted by Gasteiger charge is -2.36. The highest BCUT2D eigenvalue weighted by Gasteiger charge is 2.74. The number of alkyl halides is 2. The number of alkyl carbamates (subject to hydrolysis) is 1. The molecule has 2 aliphatic carbocycles. The largest absolute Gasteiger partial charge is 0.444 e. The molecule has 6 atom stereocenters. The molecule has 3 aliphatic rings. The van der Waals surface area contributed by atoms with Gasteiger partial charge >= 0.3 is 6.09 Å². The Morgan fingerprint density at radius 2 is 1.60 bits per heavy atom. The summed E-state index contributed by atoms with van der Waals surface area (Å²) in [7, 11) is 3.10. The number of Topliss-reactive ketones (excluding diaryl/α,β-unsaturated/α-hetero) is 1. The number of likely N-dealkylation sites (N-methyl/N-ethyl adjacent to an activating group) is 1. The third-order valence-electron chi connectivity index (χ3n) is 9.91. The van der Waals surface area contributed by atoms with Gasteiger partial charge in [0.05, 0.1) is 12.6 Å². The summed E-state index contributed by atoms with van der Waals surface area (Å²) in [5, 5.41) is 10.3. The van der Waals surface area contributed by atoms with Gasteiger partial charge < -0.3 is 35.8 Å². The Bertz CT molecular complexity index is 1540. The molecule has 2 saturated carbocycles. The zero-order valence-electron chi connectivity index (χ0n) is 31.2. The van der Waals surface area contributed by atoms with Crippen molar-refractivity contribution in [1.82, 2.24) is 31.1 Å². The third-order valence-corrected chi connectivity index (χ3v) is 11.0. The first-order valence-corrected chi connectivity index (χ1v) is 19.0. The fourth-order valence-corrected chi connectivity index (χ4v) is 8.05. The summed E-state index contributed by atoms with van der Waals surface area (Å²) in [5.74, 6) is -5.61. The molecular formula is C37H52Cl2N6O8. The Morgan fingerprint density at radius 1 is 0.962 bits per heavy atom. The monoisotopic (exact) mass is 778 g/mol. The van der Waals surface area contributed by atoms with Gasteiger partial charge in [0, 0.05) is 32.5 Å². The van der Waals surface area contributed by atoms with Gasteiger partial charge in [0.15, 0.2) is 0 Å². The van der Waals surface area contributed by atoms with Crippen molar-refractivity contribution >= 4 is 64.6 Å². The lowest BCUT2D eigenvalue weighted by Crippen LogP contribution is -2.60. The highest BCUT2D eigenvalue weighted by molar-refractivity contribution is 6.51. The molecule has 1 aromatic rings. The van der Waals surface area contributed by atoms with Gasteiger partial charge in [0.2, 0.25) is 29.4 Å². The van der Waals surface area contributed by atoms with E-state index in [-0.39, 0.29) is 18.9 Å². The number of rotatable bonds is 14. The van der Waals surface area contributed by atoms with Crippen LogP contribution in [0, 0.1) is 17.8 Å². The van der Waals surface area contributed by atoms with E-state index >= 15 is 0 Å². The first-order valence-electron chi connectivity index (χ1n) is 18.2. The van der Waals surface area contributed by atoms with Crippen LogP contribution >= 0.6 is 23.2 Å². The molecule has 53 heavy (non-hydrogen) atoms. The first-order chi connectivity index (χ1) is 24.9. The van der Waals surface area contributed by atoms with Crippen LogP contribution in [0.25, 0.3) is 0 Å². The van der Waals surface area contributed by atoms with E-state index in [2.05, 4.69) is 21.3 Å². The van der Waals surface area contributed by atoms with Gasteiger partial charge in [-0.25, -0.2) is 4.79 Å². The second-order valence-electron chi connectivity index (χ2n) is 15.3. The predicted molar refractivity (Wildman–Crippen MR) is 198 cm³/mol. The van der Waals surface area contributed by atoms with Gasteiger partial charge in [0.1, 0.15) is 28.1 Å². The van der Waals surface area contributed by atoms with Gasteiger partial charge in [-0.15, -0.1) is 23.2 Å². The minimum Gasteiger partial charge on any atom is -0.444 e. The Hall–Kier alpha value is -3.91. The summed E-state index contributed by atoms with van der Waals surface area (Å²) in [6, 6.07) is 4.15. The summed E-state index contributed by atoms with van der Waals surface area (Å²) in [6.07, 6.45) is 3.95. The standard InChI is InChI=1S/C37H52Cl2N6O8/c1-7-14-24(30(47)32(49)40-19-25(46)42-27(33(50)44(5)6)21-15-10-8-11-16-21)41-31(48)29-26-23(37(26,38)39)20-45(29)34(51)28(22-17-12-9-13-18-22)43-35(52)53-36(2,3)4/h8,10-11,15-16,22-24,26-29H,7,9,12-14,17-20H2,1-6H3,(H,40,49)(H,41,48)(H,42,46)(H,43,52)/t23?,24?,26?,27-,28?,29-/m0/s1. The van der Waals surface area contributed by atoms with E-state index < -0.39 is 93.9 Å². The van der Waals surface area contributed by atoms with E-state index in [1.54, 1.807) is 72.1 Å². The van der Waals surface area contributed by atoms with Gasteiger partial charge in [-0.2, -0.15) is 0 Å². The Morgan fingerprint density at radius 3 is 2.19 bits per heavy atom. The number of amides is 6. The Balaban J connectivity index is 1.45. The number of carbonyl (C=O) groups is 7. The fraction of sp³-hybridized carbons (Fsp3) is 0.649. The number of likely N-dealkylation sites (tertiary alicyclic amines) is 1. The number of benzene rings is 1. The van der Waals surface area contributed by atoms with Crippen LogP contribution in [-0.2, 0) is 33.5 Å². The van der Waals surface area contributed by atoms with Gasteiger partial charge in [-0.3, -0.25) is 28.8 Å². The summed E-state index contributed by atoms with van der Waals surface area (Å²) in [5.41, 5.74) is -0.264. The number of fused-ring (bicyclic) bond motifs is 1. The molecule has 0 radical (unpaired) electrons. The number of carbonyl (C=O) groups excluding carboxylic acids is 7. The van der Waals surface area contributed by atoms with Crippen LogP contribution in [0.5, 0.6) is 0 Å². The van der Waals surface area contributed by atoms with Crippen LogP contribution in [0.15, 0.2) is 30.3 Å². The van der Waals surface area contributed by atoms with E-state index in [1.807, 2.05) is 0 Å². The molecule has 0 aromatic heterocycles. The number of nitrogens with one attached hydrogen (secondary N) is 4. The van der Waals surface area contributed by atoms with Crippen LogP contribution < -0.4 is 21.3 Å². The molecule has 3 fully saturated rings. The molecule has 14 nitrogen and oxygen atoms in total. The Kier molecular flexibility index (Phi) is 13.8. The SMILES string of the molecule is CCCC(NC(=O)[C@@H]1C2C(CN1C(=O)C(NC(=O)OC(C)(C)C)C1CCCCC1)C2(Cl)Cl)C(=O)C(=O)NCC(=O)N[C@H](C(=O)N(C)C)c1ccccc1. The smallest absolute Gasteiger partial charge is 0.408 e. The molecule has 1 aliphatic heterocycles. The van der Waals surface area contributed by atoms with E-state index in [4.69, 9.17) is 27.9 Å². The number of halogens is 2. The van der Waals surface area contributed by atoms with Crippen molar-refractivity contribution in [3.63, 3.8) is 0 Å². The van der Waals surface area contributed by atoms with Gasteiger partial charge in [-0.05, 0) is 51.5 Å². The molecular weight excluding hydrogens is 727 g/mol. The number of ether oxygens (including phenoxy) is 1. The van der Waals surface area contributed by atoms with E-state index in [0.717, 1.165) is 19.3 Å². The molecule has 4 unspecified atom stereocenters. The quantitative estimate of drug-likeness (QED) is 0.164. The van der Waals surface area contributed by atoms with Crippen LogP contribution in [0.2, 0.25) is 0 Å². The molecule has 16 heteroatoms. The van der Waals surface area contributed by atoms with Crippen molar-refractivity contribution in [2.24, 2.45) is 17.8 Å². The highest BCUT2D eigenvalue weighted by Crippen LogP contribution is 2.65. The summed E-state index contributed by atoms with van der Waals surface area (Å²) < 4.78 is 4.19. The zero-order valence-corrected chi connectivity index (χ0v) is 32.7. The maximum Gasteiger partial charge on any atom is 0.408 e. The van der Waals surface area contributed by atoms with Crippen LogP contribution in [0.4, 0.5) is 4.79 Å². The molecule has 1 heterocycles. The highest BCUT2D eigenvalue weighted by atomic mass is 35.5. The second-order valence-corrected chi connectivity index (χ2v) is 16.7. The molecule has 6 amide bonds. The van der Waals surface area contributed by atoms with E-state index in [0.29, 0.717) is 24.8 Å². The average molecular weight is 780 g/mol. The van der Waals surface area contributed by atoms with Crippen LogP contribution in [0.3, 0.4) is 0 Å². The summed E-state index contributed by atoms with van der Waals surface area (Å²) in [6.45, 7) is 6.39. The van der Waals surface area contributed by atoms with Gasteiger partial charge in [-0.1, -0.05) is 62.9 Å². The first kappa shape index (κ1) is 41.8.